The van der Waals surface area contributed by atoms with E-state index in [9.17, 15) is 4.79 Å². The monoisotopic (exact) mass is 388 g/mol. The lowest BCUT2D eigenvalue weighted by atomic mass is 9.99. The van der Waals surface area contributed by atoms with Crippen LogP contribution in [-0.2, 0) is 13.0 Å². The Labute approximate surface area is 167 Å². The molecule has 3 aromatic carbocycles. The summed E-state index contributed by atoms with van der Waals surface area (Å²) in [5.74, 6) is 0.794. The number of hydrogen-bond donors (Lipinski definition) is 0. The zero-order valence-corrected chi connectivity index (χ0v) is 15.8. The Balaban J connectivity index is 1.45. The molecule has 4 nitrogen and oxygen atoms in total. The molecule has 1 aliphatic heterocycles. The lowest BCUT2D eigenvalue weighted by Crippen LogP contribution is -2.36. The fourth-order valence-electron chi connectivity index (χ4n) is 3.81. The number of benzene rings is 3. The van der Waals surface area contributed by atoms with Gasteiger partial charge in [0.25, 0.3) is 5.91 Å². The minimum Gasteiger partial charge on any atom is -0.356 e. The third-order valence-corrected chi connectivity index (χ3v) is 5.51. The Hall–Kier alpha value is -3.11. The molecule has 5 rings (SSSR count). The van der Waals surface area contributed by atoms with Crippen molar-refractivity contribution in [3.63, 3.8) is 0 Å². The molecule has 1 aromatic heterocycles. The van der Waals surface area contributed by atoms with Crippen LogP contribution in [0.25, 0.3) is 22.1 Å². The van der Waals surface area contributed by atoms with Crippen LogP contribution in [-0.4, -0.2) is 22.5 Å². The summed E-state index contributed by atoms with van der Waals surface area (Å²) in [5, 5.41) is 6.97. The molecule has 1 aliphatic rings. The molecule has 0 unspecified atom stereocenters. The molecule has 0 bridgehead atoms. The number of nitrogens with zero attached hydrogens (tertiary/aromatic N) is 2. The molecule has 0 saturated carbocycles. The summed E-state index contributed by atoms with van der Waals surface area (Å²) in [6.07, 6.45) is 0.716. The van der Waals surface area contributed by atoms with Gasteiger partial charge in [-0.25, -0.2) is 0 Å². The Morgan fingerprint density at radius 1 is 1.00 bits per heavy atom. The minimum atomic E-state index is 0.0264. The van der Waals surface area contributed by atoms with E-state index in [1.807, 2.05) is 71.6 Å². The second-order valence-corrected chi connectivity index (χ2v) is 7.38. The molecule has 0 fully saturated rings. The molecule has 138 valence electrons. The molecule has 28 heavy (non-hydrogen) atoms. The van der Waals surface area contributed by atoms with Crippen LogP contribution in [0.3, 0.4) is 0 Å². The van der Waals surface area contributed by atoms with Gasteiger partial charge in [0.1, 0.15) is 5.69 Å². The highest BCUT2D eigenvalue weighted by Crippen LogP contribution is 2.32. The summed E-state index contributed by atoms with van der Waals surface area (Å²) in [4.78, 5) is 15.0. The molecule has 0 aliphatic carbocycles. The predicted molar refractivity (Wildman–Crippen MR) is 109 cm³/mol. The van der Waals surface area contributed by atoms with E-state index in [4.69, 9.17) is 16.1 Å². The van der Waals surface area contributed by atoms with Gasteiger partial charge in [-0.15, -0.1) is 0 Å². The largest absolute Gasteiger partial charge is 0.356 e. The smallest absolute Gasteiger partial charge is 0.254 e. The van der Waals surface area contributed by atoms with E-state index >= 15 is 0 Å². The van der Waals surface area contributed by atoms with E-state index in [2.05, 4.69) is 5.16 Å². The van der Waals surface area contributed by atoms with Gasteiger partial charge in [0.05, 0.1) is 6.54 Å². The Kier molecular flexibility index (Phi) is 4.14. The first kappa shape index (κ1) is 17.0. The van der Waals surface area contributed by atoms with Crippen LogP contribution in [0.1, 0.15) is 21.6 Å². The average molecular weight is 389 g/mol. The minimum absolute atomic E-state index is 0.0264. The van der Waals surface area contributed by atoms with Crippen LogP contribution in [0, 0.1) is 0 Å². The van der Waals surface area contributed by atoms with E-state index in [-0.39, 0.29) is 5.91 Å². The third-order valence-electron chi connectivity index (χ3n) is 5.26. The van der Waals surface area contributed by atoms with Gasteiger partial charge < -0.3 is 9.42 Å². The van der Waals surface area contributed by atoms with Crippen molar-refractivity contribution in [3.8, 4) is 11.3 Å². The van der Waals surface area contributed by atoms with Crippen LogP contribution < -0.4 is 0 Å². The van der Waals surface area contributed by atoms with Crippen molar-refractivity contribution in [2.75, 3.05) is 6.54 Å². The molecular weight excluding hydrogens is 372 g/mol. The van der Waals surface area contributed by atoms with Gasteiger partial charge in [-0.05, 0) is 47.5 Å². The maximum absolute atomic E-state index is 13.2. The zero-order valence-electron chi connectivity index (χ0n) is 15.1. The molecule has 0 spiro atoms. The van der Waals surface area contributed by atoms with Crippen molar-refractivity contribution in [3.05, 3.63) is 88.6 Å². The molecule has 1 amide bonds. The molecule has 0 radical (unpaired) electrons. The number of carbonyl (C=O) groups excluding carboxylic acids is 1. The van der Waals surface area contributed by atoms with E-state index in [1.165, 1.54) is 0 Å². The molecule has 0 saturated heterocycles. The zero-order chi connectivity index (χ0) is 19.1. The molecular formula is C23H17ClN2O2. The topological polar surface area (TPSA) is 46.3 Å². The van der Waals surface area contributed by atoms with E-state index < -0.39 is 0 Å². The van der Waals surface area contributed by atoms with E-state index in [0.717, 1.165) is 38.9 Å². The molecule has 0 atom stereocenters. The summed E-state index contributed by atoms with van der Waals surface area (Å²) >= 11 is 5.98. The normalized spacial score (nSPS) is 13.5. The number of carbonyl (C=O) groups is 1. The summed E-state index contributed by atoms with van der Waals surface area (Å²) in [6.45, 7) is 1.09. The van der Waals surface area contributed by atoms with Gasteiger partial charge in [-0.1, -0.05) is 53.2 Å². The van der Waals surface area contributed by atoms with Gasteiger partial charge >= 0.3 is 0 Å². The van der Waals surface area contributed by atoms with Gasteiger partial charge in [-0.2, -0.15) is 0 Å². The lowest BCUT2D eigenvalue weighted by molar-refractivity contribution is 0.0733. The second kappa shape index (κ2) is 6.80. The van der Waals surface area contributed by atoms with E-state index in [0.29, 0.717) is 24.5 Å². The Morgan fingerprint density at radius 2 is 1.79 bits per heavy atom. The van der Waals surface area contributed by atoms with Crippen LogP contribution in [0.4, 0.5) is 0 Å². The maximum Gasteiger partial charge on any atom is 0.254 e. The predicted octanol–water partition coefficient (Wildman–Crippen LogP) is 5.35. The van der Waals surface area contributed by atoms with Gasteiger partial charge in [-0.3, -0.25) is 4.79 Å². The number of hydrogen-bond acceptors (Lipinski definition) is 3. The quantitative estimate of drug-likeness (QED) is 0.465. The van der Waals surface area contributed by atoms with Gasteiger partial charge in [0.15, 0.2) is 5.76 Å². The van der Waals surface area contributed by atoms with Crippen molar-refractivity contribution in [2.24, 2.45) is 0 Å². The summed E-state index contributed by atoms with van der Waals surface area (Å²) in [6, 6.07) is 21.3. The second-order valence-electron chi connectivity index (χ2n) is 6.95. The Bertz CT molecular complexity index is 1180. The van der Waals surface area contributed by atoms with E-state index in [1.54, 1.807) is 0 Å². The first-order valence-electron chi connectivity index (χ1n) is 9.21. The molecule has 5 heteroatoms. The van der Waals surface area contributed by atoms with Crippen molar-refractivity contribution in [1.29, 1.82) is 0 Å². The molecule has 4 aromatic rings. The summed E-state index contributed by atoms with van der Waals surface area (Å²) in [7, 11) is 0. The molecule has 2 heterocycles. The van der Waals surface area contributed by atoms with Crippen molar-refractivity contribution < 1.29 is 9.32 Å². The van der Waals surface area contributed by atoms with Crippen LogP contribution in [0.15, 0.2) is 71.3 Å². The van der Waals surface area contributed by atoms with Crippen LogP contribution in [0.5, 0.6) is 0 Å². The molecule has 0 N–H and O–H groups in total. The lowest BCUT2D eigenvalue weighted by Gasteiger charge is -2.26. The summed E-state index contributed by atoms with van der Waals surface area (Å²) < 4.78 is 5.62. The van der Waals surface area contributed by atoms with Gasteiger partial charge in [0.2, 0.25) is 0 Å². The fourth-order valence-corrected chi connectivity index (χ4v) is 3.94. The standard InChI is InChI=1S/C23H17ClN2O2/c24-17-10-8-16(9-11-17)22-20-12-13-26(14-21(20)25-28-22)23(27)19-7-3-5-15-4-1-2-6-18(15)19/h1-11H,12-14H2. The van der Waals surface area contributed by atoms with Crippen molar-refractivity contribution in [2.45, 2.75) is 13.0 Å². The number of halogens is 1. The Morgan fingerprint density at radius 3 is 2.64 bits per heavy atom. The van der Waals surface area contributed by atoms with Crippen LogP contribution >= 0.6 is 11.6 Å². The first-order valence-corrected chi connectivity index (χ1v) is 9.59. The SMILES string of the molecule is O=C(c1cccc2ccccc12)N1CCc2c(noc2-c2ccc(Cl)cc2)C1. The van der Waals surface area contributed by atoms with Crippen molar-refractivity contribution in [1.82, 2.24) is 10.1 Å². The third kappa shape index (κ3) is 2.86. The highest BCUT2D eigenvalue weighted by molar-refractivity contribution is 6.30. The average Bonchev–Trinajstić information content (AvgIpc) is 3.16. The highest BCUT2D eigenvalue weighted by Gasteiger charge is 2.28. The van der Waals surface area contributed by atoms with Crippen molar-refractivity contribution >= 4 is 28.3 Å². The van der Waals surface area contributed by atoms with Gasteiger partial charge in [0, 0.05) is 28.3 Å². The first-order chi connectivity index (χ1) is 13.7. The van der Waals surface area contributed by atoms with Crippen LogP contribution in [0.2, 0.25) is 5.02 Å². The maximum atomic E-state index is 13.2. The fraction of sp³-hybridized carbons (Fsp3) is 0.130. The number of fused-ring (bicyclic) bond motifs is 2. The highest BCUT2D eigenvalue weighted by atomic mass is 35.5. The number of amides is 1. The number of aromatic nitrogens is 1. The summed E-state index contributed by atoms with van der Waals surface area (Å²) in [5.41, 5.74) is 3.57. The number of rotatable bonds is 2.